The number of amides is 1. The van der Waals surface area contributed by atoms with E-state index in [0.717, 1.165) is 17.8 Å². The summed E-state index contributed by atoms with van der Waals surface area (Å²) in [7, 11) is 1.88. The van der Waals surface area contributed by atoms with Crippen molar-refractivity contribution in [3.63, 3.8) is 0 Å². The Morgan fingerprint density at radius 2 is 2.20 bits per heavy atom. The Morgan fingerprint density at radius 1 is 1.45 bits per heavy atom. The van der Waals surface area contributed by atoms with Gasteiger partial charge in [0.15, 0.2) is 0 Å². The van der Waals surface area contributed by atoms with Crippen molar-refractivity contribution in [3.8, 4) is 0 Å². The second-order valence-corrected chi connectivity index (χ2v) is 5.24. The highest BCUT2D eigenvalue weighted by molar-refractivity contribution is 5.96. The lowest BCUT2D eigenvalue weighted by molar-refractivity contribution is -0.384. The van der Waals surface area contributed by atoms with Crippen LogP contribution in [0.3, 0.4) is 0 Å². The molecule has 0 aliphatic carbocycles. The van der Waals surface area contributed by atoms with Crippen LogP contribution in [0.4, 0.5) is 11.4 Å². The molecular formula is C14H19N3O3. The van der Waals surface area contributed by atoms with Crippen LogP contribution in [0.2, 0.25) is 0 Å². The molecule has 1 aromatic rings. The van der Waals surface area contributed by atoms with Crippen LogP contribution in [-0.2, 0) is 11.2 Å². The summed E-state index contributed by atoms with van der Waals surface area (Å²) in [4.78, 5) is 24.3. The third-order valence-corrected chi connectivity index (χ3v) is 3.52. The number of aryl methyl sites for hydroxylation is 1. The zero-order valence-corrected chi connectivity index (χ0v) is 11.8. The molecule has 1 unspecified atom stereocenters. The molecule has 1 heterocycles. The molecule has 1 aliphatic rings. The summed E-state index contributed by atoms with van der Waals surface area (Å²) < 4.78 is 0. The lowest BCUT2D eigenvalue weighted by atomic mass is 9.99. The van der Waals surface area contributed by atoms with Gasteiger partial charge < -0.3 is 10.2 Å². The number of non-ortho nitro benzene ring substituents is 1. The maximum Gasteiger partial charge on any atom is 0.269 e. The Kier molecular flexibility index (Phi) is 4.34. The van der Waals surface area contributed by atoms with Gasteiger partial charge in [-0.1, -0.05) is 6.92 Å². The second kappa shape index (κ2) is 6.00. The van der Waals surface area contributed by atoms with E-state index in [-0.39, 0.29) is 11.6 Å². The molecule has 0 radical (unpaired) electrons. The van der Waals surface area contributed by atoms with Crippen molar-refractivity contribution in [1.29, 1.82) is 0 Å². The van der Waals surface area contributed by atoms with Crippen LogP contribution in [0.25, 0.3) is 0 Å². The van der Waals surface area contributed by atoms with Crippen LogP contribution in [-0.4, -0.2) is 31.0 Å². The Bertz CT molecular complexity index is 530. The summed E-state index contributed by atoms with van der Waals surface area (Å²) in [6, 6.07) is 4.74. The van der Waals surface area contributed by atoms with Gasteiger partial charge >= 0.3 is 0 Å². The molecule has 1 atom stereocenters. The van der Waals surface area contributed by atoms with Crippen LogP contribution in [0.5, 0.6) is 0 Å². The van der Waals surface area contributed by atoms with Crippen LogP contribution in [0.1, 0.15) is 18.9 Å². The number of hydrogen-bond acceptors (Lipinski definition) is 4. The number of benzene rings is 1. The molecule has 1 aromatic carbocycles. The molecular weight excluding hydrogens is 258 g/mol. The van der Waals surface area contributed by atoms with Gasteiger partial charge in [-0.2, -0.15) is 0 Å². The van der Waals surface area contributed by atoms with Crippen molar-refractivity contribution in [2.24, 2.45) is 5.92 Å². The average Bonchev–Trinajstić information content (AvgIpc) is 2.41. The smallest absolute Gasteiger partial charge is 0.269 e. The van der Waals surface area contributed by atoms with E-state index in [1.165, 1.54) is 6.07 Å². The number of fused-ring (bicyclic) bond motifs is 1. The van der Waals surface area contributed by atoms with E-state index in [1.54, 1.807) is 17.0 Å². The van der Waals surface area contributed by atoms with E-state index in [9.17, 15) is 14.9 Å². The molecule has 1 N–H and O–H groups in total. The number of nitrogens with zero attached hydrogens (tertiary/aromatic N) is 2. The summed E-state index contributed by atoms with van der Waals surface area (Å²) in [5, 5.41) is 13.9. The minimum absolute atomic E-state index is 0.0846. The summed E-state index contributed by atoms with van der Waals surface area (Å²) >= 11 is 0. The SMILES string of the molecule is CNCC(C)CN1C(=O)CCc2cc([N+](=O)[O-])ccc21. The van der Waals surface area contributed by atoms with Crippen LogP contribution in [0.15, 0.2) is 18.2 Å². The van der Waals surface area contributed by atoms with Crippen molar-refractivity contribution >= 4 is 17.3 Å². The van der Waals surface area contributed by atoms with Crippen molar-refractivity contribution in [1.82, 2.24) is 5.32 Å². The standard InChI is InChI=1S/C14H19N3O3/c1-10(8-15-2)9-16-13-5-4-12(17(19)20)7-11(13)3-6-14(16)18/h4-5,7,10,15H,3,6,8-9H2,1-2H3. The second-order valence-electron chi connectivity index (χ2n) is 5.24. The Balaban J connectivity index is 2.27. The first-order valence-electron chi connectivity index (χ1n) is 6.75. The van der Waals surface area contributed by atoms with E-state index >= 15 is 0 Å². The van der Waals surface area contributed by atoms with Gasteiger partial charge in [-0.15, -0.1) is 0 Å². The number of carbonyl (C=O) groups is 1. The lowest BCUT2D eigenvalue weighted by Crippen LogP contribution is -2.40. The maximum atomic E-state index is 12.1. The van der Waals surface area contributed by atoms with Crippen LogP contribution < -0.4 is 10.2 Å². The normalized spacial score (nSPS) is 15.9. The average molecular weight is 277 g/mol. The number of rotatable bonds is 5. The van der Waals surface area contributed by atoms with Crippen molar-refractivity contribution in [2.45, 2.75) is 19.8 Å². The predicted molar refractivity (Wildman–Crippen MR) is 76.9 cm³/mol. The highest BCUT2D eigenvalue weighted by Gasteiger charge is 2.26. The van der Waals surface area contributed by atoms with Gasteiger partial charge in [0.2, 0.25) is 5.91 Å². The first kappa shape index (κ1) is 14.5. The molecule has 0 spiro atoms. The molecule has 0 aromatic heterocycles. The number of hydrogen-bond donors (Lipinski definition) is 1. The molecule has 0 fully saturated rings. The third kappa shape index (κ3) is 2.96. The van der Waals surface area contributed by atoms with E-state index in [1.807, 2.05) is 7.05 Å². The molecule has 6 nitrogen and oxygen atoms in total. The number of nitro groups is 1. The van der Waals surface area contributed by atoms with Gasteiger partial charge in [0.1, 0.15) is 0 Å². The van der Waals surface area contributed by atoms with Gasteiger partial charge in [0.25, 0.3) is 5.69 Å². The monoisotopic (exact) mass is 277 g/mol. The van der Waals surface area contributed by atoms with Gasteiger partial charge in [0.05, 0.1) is 4.92 Å². The Labute approximate surface area is 117 Å². The van der Waals surface area contributed by atoms with Gasteiger partial charge in [-0.3, -0.25) is 14.9 Å². The van der Waals surface area contributed by atoms with Crippen molar-refractivity contribution < 1.29 is 9.72 Å². The summed E-state index contributed by atoms with van der Waals surface area (Å²) in [5.74, 6) is 0.416. The Morgan fingerprint density at radius 3 is 2.85 bits per heavy atom. The topological polar surface area (TPSA) is 75.5 Å². The van der Waals surface area contributed by atoms with Gasteiger partial charge in [-0.05, 0) is 37.6 Å². The molecule has 1 amide bonds. The highest BCUT2D eigenvalue weighted by Crippen LogP contribution is 2.31. The van der Waals surface area contributed by atoms with Crippen LogP contribution >= 0.6 is 0 Å². The molecule has 0 saturated carbocycles. The minimum atomic E-state index is -0.398. The first-order valence-corrected chi connectivity index (χ1v) is 6.75. The quantitative estimate of drug-likeness (QED) is 0.657. The van der Waals surface area contributed by atoms with Crippen LogP contribution in [0, 0.1) is 16.0 Å². The van der Waals surface area contributed by atoms with Gasteiger partial charge in [0, 0.05) is 30.8 Å². The first-order chi connectivity index (χ1) is 9.52. The number of anilines is 1. The van der Waals surface area contributed by atoms with E-state index in [0.29, 0.717) is 25.3 Å². The molecule has 2 rings (SSSR count). The van der Waals surface area contributed by atoms with Crippen molar-refractivity contribution in [2.75, 3.05) is 25.0 Å². The number of nitro benzene ring substituents is 1. The lowest BCUT2D eigenvalue weighted by Gasteiger charge is -2.31. The summed E-state index contributed by atoms with van der Waals surface area (Å²) in [6.07, 6.45) is 0.993. The molecule has 0 saturated heterocycles. The van der Waals surface area contributed by atoms with Crippen molar-refractivity contribution in [3.05, 3.63) is 33.9 Å². The molecule has 20 heavy (non-hydrogen) atoms. The fourth-order valence-electron chi connectivity index (χ4n) is 2.58. The molecule has 6 heteroatoms. The fourth-order valence-corrected chi connectivity index (χ4v) is 2.58. The zero-order valence-electron chi connectivity index (χ0n) is 11.8. The van der Waals surface area contributed by atoms with Gasteiger partial charge in [-0.25, -0.2) is 0 Å². The molecule has 0 bridgehead atoms. The van der Waals surface area contributed by atoms with E-state index in [2.05, 4.69) is 12.2 Å². The molecule has 108 valence electrons. The summed E-state index contributed by atoms with van der Waals surface area (Å²) in [5.41, 5.74) is 1.78. The maximum absolute atomic E-state index is 12.1. The molecule has 1 aliphatic heterocycles. The fraction of sp³-hybridized carbons (Fsp3) is 0.500. The zero-order chi connectivity index (χ0) is 14.7. The largest absolute Gasteiger partial charge is 0.319 e. The predicted octanol–water partition coefficient (Wildman–Crippen LogP) is 1.73. The number of nitrogens with one attached hydrogen (secondary N) is 1. The third-order valence-electron chi connectivity index (χ3n) is 3.52. The van der Waals surface area contributed by atoms with E-state index < -0.39 is 4.92 Å². The highest BCUT2D eigenvalue weighted by atomic mass is 16.6. The number of carbonyl (C=O) groups excluding carboxylic acids is 1. The minimum Gasteiger partial charge on any atom is -0.319 e. The van der Waals surface area contributed by atoms with E-state index in [4.69, 9.17) is 0 Å². The Hall–Kier alpha value is -1.95. The summed E-state index contributed by atoms with van der Waals surface area (Å²) in [6.45, 7) is 3.53.